The summed E-state index contributed by atoms with van der Waals surface area (Å²) in [5.41, 5.74) is 1.85. The van der Waals surface area contributed by atoms with Crippen LogP contribution in [0.5, 0.6) is 5.75 Å². The van der Waals surface area contributed by atoms with Gasteiger partial charge in [-0.2, -0.15) is 9.61 Å². The molecule has 25 heavy (non-hydrogen) atoms. The molecule has 0 spiro atoms. The Morgan fingerprint density at radius 1 is 1.24 bits per heavy atom. The number of fused-ring (bicyclic) bond motifs is 1. The molecule has 2 aromatic heterocycles. The summed E-state index contributed by atoms with van der Waals surface area (Å²) in [5, 5.41) is 15.8. The van der Waals surface area contributed by atoms with Crippen LogP contribution in [0, 0.1) is 0 Å². The van der Waals surface area contributed by atoms with E-state index < -0.39 is 0 Å². The first-order chi connectivity index (χ1) is 12.1. The molecule has 0 aliphatic rings. The van der Waals surface area contributed by atoms with Crippen molar-refractivity contribution in [1.29, 1.82) is 0 Å². The molecule has 0 atom stereocenters. The molecular weight excluding hydrogens is 322 g/mol. The van der Waals surface area contributed by atoms with Crippen molar-refractivity contribution in [3.05, 3.63) is 36.5 Å². The topological polar surface area (TPSA) is 105 Å². The van der Waals surface area contributed by atoms with Gasteiger partial charge >= 0.3 is 6.03 Å². The lowest BCUT2D eigenvalue weighted by Crippen LogP contribution is -2.24. The molecule has 0 unspecified atom stereocenters. The number of urea groups is 1. The zero-order chi connectivity index (χ0) is 17.8. The Hall–Kier alpha value is -3.49. The number of carbonyl (C=O) groups is 1. The van der Waals surface area contributed by atoms with Crippen molar-refractivity contribution >= 4 is 34.7 Å². The van der Waals surface area contributed by atoms with Gasteiger partial charge in [0.1, 0.15) is 23.1 Å². The van der Waals surface area contributed by atoms with Crippen LogP contribution in [0.1, 0.15) is 0 Å². The zero-order valence-electron chi connectivity index (χ0n) is 14.1. The second kappa shape index (κ2) is 6.95. The van der Waals surface area contributed by atoms with E-state index in [4.69, 9.17) is 4.74 Å². The number of nitrogens with one attached hydrogen (secondary N) is 4. The van der Waals surface area contributed by atoms with Gasteiger partial charge in [0.25, 0.3) is 0 Å². The van der Waals surface area contributed by atoms with Crippen LogP contribution in [0.25, 0.3) is 5.65 Å². The summed E-state index contributed by atoms with van der Waals surface area (Å²) in [6.07, 6.45) is 1.55. The molecule has 0 aliphatic heterocycles. The number of aromatic nitrogens is 3. The molecule has 9 nitrogen and oxygen atoms in total. The summed E-state index contributed by atoms with van der Waals surface area (Å²) in [4.78, 5) is 16.1. The van der Waals surface area contributed by atoms with Crippen LogP contribution in [0.4, 0.5) is 27.8 Å². The van der Waals surface area contributed by atoms with Crippen molar-refractivity contribution in [1.82, 2.24) is 19.9 Å². The third-order valence-corrected chi connectivity index (χ3v) is 3.55. The molecule has 3 aromatic rings. The first-order valence-electron chi connectivity index (χ1n) is 7.61. The molecule has 2 heterocycles. The lowest BCUT2D eigenvalue weighted by Gasteiger charge is -2.11. The van der Waals surface area contributed by atoms with Crippen molar-refractivity contribution in [3.63, 3.8) is 0 Å². The highest BCUT2D eigenvalue weighted by Crippen LogP contribution is 2.25. The highest BCUT2D eigenvalue weighted by molar-refractivity contribution is 5.93. The van der Waals surface area contributed by atoms with E-state index in [1.807, 2.05) is 30.3 Å². The zero-order valence-corrected chi connectivity index (χ0v) is 14.1. The molecule has 1 aromatic carbocycles. The second-order valence-electron chi connectivity index (χ2n) is 5.13. The minimum absolute atomic E-state index is 0.339. The van der Waals surface area contributed by atoms with E-state index in [0.717, 1.165) is 17.3 Å². The summed E-state index contributed by atoms with van der Waals surface area (Å²) < 4.78 is 6.84. The summed E-state index contributed by atoms with van der Waals surface area (Å²) >= 11 is 0. The van der Waals surface area contributed by atoms with E-state index >= 15 is 0 Å². The molecule has 4 N–H and O–H groups in total. The number of carbonyl (C=O) groups excluding carboxylic acids is 1. The standard InChI is InChI=1S/C16H19N7O2/c1-17-14-8-13(20-10-5-4-6-11(7-10)25-3)22-15-12(9-19-23(14)15)21-16(24)18-2/h4-9,17H,1-3H3,(H,20,22)(H2,18,21,24). The van der Waals surface area contributed by atoms with Gasteiger partial charge < -0.3 is 26.0 Å². The number of nitrogens with zero attached hydrogens (tertiary/aromatic N) is 3. The first kappa shape index (κ1) is 16.4. The smallest absolute Gasteiger partial charge is 0.319 e. The van der Waals surface area contributed by atoms with E-state index in [9.17, 15) is 4.79 Å². The van der Waals surface area contributed by atoms with Crippen LogP contribution in [0.3, 0.4) is 0 Å². The van der Waals surface area contributed by atoms with Crippen molar-refractivity contribution in [2.75, 3.05) is 37.2 Å². The van der Waals surface area contributed by atoms with Gasteiger partial charge in [-0.15, -0.1) is 0 Å². The molecule has 3 rings (SSSR count). The number of ether oxygens (including phenoxy) is 1. The fourth-order valence-electron chi connectivity index (χ4n) is 2.33. The maximum Gasteiger partial charge on any atom is 0.319 e. The average Bonchev–Trinajstić information content (AvgIpc) is 3.03. The summed E-state index contributed by atoms with van der Waals surface area (Å²) in [5.74, 6) is 2.07. The number of rotatable bonds is 5. The summed E-state index contributed by atoms with van der Waals surface area (Å²) in [6, 6.07) is 9.01. The highest BCUT2D eigenvalue weighted by Gasteiger charge is 2.13. The third-order valence-electron chi connectivity index (χ3n) is 3.55. The Balaban J connectivity index is 2.00. The number of amides is 2. The van der Waals surface area contributed by atoms with Crippen molar-refractivity contribution in [2.24, 2.45) is 0 Å². The Labute approximate surface area is 144 Å². The number of methoxy groups -OCH3 is 1. The minimum Gasteiger partial charge on any atom is -0.497 e. The Kier molecular flexibility index (Phi) is 4.55. The Morgan fingerprint density at radius 3 is 2.80 bits per heavy atom. The van der Waals surface area contributed by atoms with Crippen molar-refractivity contribution < 1.29 is 9.53 Å². The first-order valence-corrected chi connectivity index (χ1v) is 7.61. The molecule has 0 radical (unpaired) electrons. The van der Waals surface area contributed by atoms with E-state index in [1.165, 1.54) is 0 Å². The number of hydrogen-bond donors (Lipinski definition) is 4. The third kappa shape index (κ3) is 3.39. The van der Waals surface area contributed by atoms with E-state index in [1.54, 1.807) is 31.9 Å². The van der Waals surface area contributed by atoms with Gasteiger partial charge in [-0.25, -0.2) is 9.78 Å². The fraction of sp³-hybridized carbons (Fsp3) is 0.188. The lowest BCUT2D eigenvalue weighted by molar-refractivity contribution is 0.254. The van der Waals surface area contributed by atoms with Crippen molar-refractivity contribution in [3.8, 4) is 5.75 Å². The Bertz CT molecular complexity index is 907. The predicted molar refractivity (Wildman–Crippen MR) is 96.9 cm³/mol. The minimum atomic E-state index is -0.339. The van der Waals surface area contributed by atoms with E-state index in [-0.39, 0.29) is 6.03 Å². The van der Waals surface area contributed by atoms with Gasteiger partial charge in [-0.1, -0.05) is 6.07 Å². The van der Waals surface area contributed by atoms with Crippen LogP contribution in [0.15, 0.2) is 36.5 Å². The van der Waals surface area contributed by atoms with E-state index in [2.05, 4.69) is 31.3 Å². The Morgan fingerprint density at radius 2 is 2.08 bits per heavy atom. The van der Waals surface area contributed by atoms with E-state index in [0.29, 0.717) is 17.2 Å². The fourth-order valence-corrected chi connectivity index (χ4v) is 2.33. The predicted octanol–water partition coefficient (Wildman–Crippen LogP) is 2.27. The number of hydrogen-bond acceptors (Lipinski definition) is 6. The second-order valence-corrected chi connectivity index (χ2v) is 5.13. The van der Waals surface area contributed by atoms with Gasteiger partial charge in [-0.3, -0.25) is 0 Å². The quantitative estimate of drug-likeness (QED) is 0.567. The molecule has 0 saturated heterocycles. The molecular formula is C16H19N7O2. The maximum absolute atomic E-state index is 11.6. The van der Waals surface area contributed by atoms with Crippen LogP contribution >= 0.6 is 0 Å². The number of benzene rings is 1. The molecule has 0 bridgehead atoms. The van der Waals surface area contributed by atoms with Gasteiger partial charge in [0.15, 0.2) is 5.65 Å². The van der Waals surface area contributed by atoms with Crippen LogP contribution < -0.4 is 26.0 Å². The molecule has 9 heteroatoms. The SMILES string of the molecule is CNC(=O)Nc1cnn2c(NC)cc(Nc3cccc(OC)c3)nc12. The van der Waals surface area contributed by atoms with Gasteiger partial charge in [0, 0.05) is 31.9 Å². The van der Waals surface area contributed by atoms with Gasteiger partial charge in [0.2, 0.25) is 0 Å². The lowest BCUT2D eigenvalue weighted by atomic mass is 10.3. The van der Waals surface area contributed by atoms with Gasteiger partial charge in [0.05, 0.1) is 13.3 Å². The van der Waals surface area contributed by atoms with Crippen LogP contribution in [-0.2, 0) is 0 Å². The van der Waals surface area contributed by atoms with Crippen molar-refractivity contribution in [2.45, 2.75) is 0 Å². The molecule has 0 fully saturated rings. The normalized spacial score (nSPS) is 10.4. The molecule has 0 saturated carbocycles. The summed E-state index contributed by atoms with van der Waals surface area (Å²) in [6.45, 7) is 0. The number of anilines is 4. The highest BCUT2D eigenvalue weighted by atomic mass is 16.5. The van der Waals surface area contributed by atoms with Crippen LogP contribution in [0.2, 0.25) is 0 Å². The maximum atomic E-state index is 11.6. The largest absolute Gasteiger partial charge is 0.497 e. The molecule has 2 amide bonds. The monoisotopic (exact) mass is 341 g/mol. The summed E-state index contributed by atoms with van der Waals surface area (Å²) in [7, 11) is 4.95. The molecule has 0 aliphatic carbocycles. The average molecular weight is 341 g/mol. The molecule has 130 valence electrons. The van der Waals surface area contributed by atoms with Gasteiger partial charge in [-0.05, 0) is 12.1 Å². The van der Waals surface area contributed by atoms with Crippen LogP contribution in [-0.4, -0.2) is 41.8 Å².